The predicted octanol–water partition coefficient (Wildman–Crippen LogP) is 1.75. The number of rotatable bonds is 6. The molecule has 126 valence electrons. The lowest BCUT2D eigenvalue weighted by Gasteiger charge is -2.27. The van der Waals surface area contributed by atoms with Crippen LogP contribution in [0.1, 0.15) is 6.42 Å². The van der Waals surface area contributed by atoms with Gasteiger partial charge in [0.05, 0.1) is 13.2 Å². The van der Waals surface area contributed by atoms with Gasteiger partial charge in [-0.2, -0.15) is 4.98 Å². The molecule has 2 heterocycles. The first-order valence-corrected chi connectivity index (χ1v) is 8.06. The maximum atomic E-state index is 11.9. The fraction of sp³-hybridized carbons (Fsp3) is 0.353. The molecule has 7 heteroatoms. The smallest absolute Gasteiger partial charge is 0.226 e. The molecule has 24 heavy (non-hydrogen) atoms. The number of amides is 1. The third kappa shape index (κ3) is 4.66. The zero-order valence-corrected chi connectivity index (χ0v) is 13.4. The Bertz CT molecular complexity index is 659. The summed E-state index contributed by atoms with van der Waals surface area (Å²) in [4.78, 5) is 22.8. The van der Waals surface area contributed by atoms with Gasteiger partial charge in [-0.25, -0.2) is 4.98 Å². The number of benzene rings is 1. The maximum Gasteiger partial charge on any atom is 0.226 e. The molecule has 0 unspecified atom stereocenters. The molecule has 1 amide bonds. The number of nitrogens with one attached hydrogen (secondary N) is 2. The van der Waals surface area contributed by atoms with Crippen molar-refractivity contribution in [1.82, 2.24) is 9.97 Å². The first kappa shape index (κ1) is 16.2. The van der Waals surface area contributed by atoms with Crippen LogP contribution in [0.2, 0.25) is 0 Å². The lowest BCUT2D eigenvalue weighted by atomic mass is 10.3. The van der Waals surface area contributed by atoms with Crippen LogP contribution in [0.15, 0.2) is 42.6 Å². The summed E-state index contributed by atoms with van der Waals surface area (Å²) in [5.41, 5.74) is 0.799. The van der Waals surface area contributed by atoms with Gasteiger partial charge in [-0.3, -0.25) is 4.79 Å². The van der Waals surface area contributed by atoms with Crippen LogP contribution < -0.4 is 15.5 Å². The third-order valence-corrected chi connectivity index (χ3v) is 3.67. The van der Waals surface area contributed by atoms with Crippen molar-refractivity contribution in [3.63, 3.8) is 0 Å². The van der Waals surface area contributed by atoms with E-state index in [2.05, 4.69) is 25.5 Å². The first-order valence-electron chi connectivity index (χ1n) is 8.06. The number of para-hydroxylation sites is 1. The molecule has 2 N–H and O–H groups in total. The van der Waals surface area contributed by atoms with E-state index in [1.807, 2.05) is 36.4 Å². The van der Waals surface area contributed by atoms with Crippen molar-refractivity contribution in [3.05, 3.63) is 42.6 Å². The minimum atomic E-state index is -0.0435. The molecule has 2 aromatic rings. The van der Waals surface area contributed by atoms with Crippen molar-refractivity contribution < 1.29 is 9.53 Å². The summed E-state index contributed by atoms with van der Waals surface area (Å²) in [6, 6.07) is 11.3. The normalized spacial score (nSPS) is 14.2. The molecule has 0 atom stereocenters. The van der Waals surface area contributed by atoms with Crippen LogP contribution >= 0.6 is 0 Å². The summed E-state index contributed by atoms with van der Waals surface area (Å²) in [6.07, 6.45) is 2.07. The second-order valence-electron chi connectivity index (χ2n) is 5.43. The Kier molecular flexibility index (Phi) is 5.57. The Morgan fingerprint density at radius 2 is 1.96 bits per heavy atom. The Morgan fingerprint density at radius 3 is 2.75 bits per heavy atom. The largest absolute Gasteiger partial charge is 0.378 e. The summed E-state index contributed by atoms with van der Waals surface area (Å²) in [5, 5.41) is 5.95. The topological polar surface area (TPSA) is 79.4 Å². The lowest BCUT2D eigenvalue weighted by Crippen LogP contribution is -2.36. The van der Waals surface area contributed by atoms with E-state index in [0.29, 0.717) is 32.1 Å². The second kappa shape index (κ2) is 8.26. The highest BCUT2D eigenvalue weighted by Crippen LogP contribution is 2.13. The van der Waals surface area contributed by atoms with E-state index in [1.165, 1.54) is 0 Å². The predicted molar refractivity (Wildman–Crippen MR) is 93.2 cm³/mol. The molecule has 7 nitrogen and oxygen atoms in total. The number of nitrogens with zero attached hydrogens (tertiary/aromatic N) is 3. The summed E-state index contributed by atoms with van der Waals surface area (Å²) in [7, 11) is 0. The molecule has 1 aliphatic heterocycles. The molecular formula is C17H21N5O2. The number of ether oxygens (including phenoxy) is 1. The van der Waals surface area contributed by atoms with Crippen LogP contribution in [0.25, 0.3) is 0 Å². The molecule has 0 aliphatic carbocycles. The van der Waals surface area contributed by atoms with Crippen LogP contribution in [-0.2, 0) is 9.53 Å². The molecule has 0 bridgehead atoms. The van der Waals surface area contributed by atoms with E-state index in [-0.39, 0.29) is 5.91 Å². The van der Waals surface area contributed by atoms with Crippen molar-refractivity contribution in [3.8, 4) is 0 Å². The molecule has 3 rings (SSSR count). The Labute approximate surface area is 141 Å². The molecule has 1 aliphatic rings. The molecular weight excluding hydrogens is 306 g/mol. The average molecular weight is 327 g/mol. The summed E-state index contributed by atoms with van der Waals surface area (Å²) in [5.74, 6) is 1.37. The quantitative estimate of drug-likeness (QED) is 0.841. The van der Waals surface area contributed by atoms with Crippen LogP contribution in [0.5, 0.6) is 0 Å². The lowest BCUT2D eigenvalue weighted by molar-refractivity contribution is -0.115. The van der Waals surface area contributed by atoms with Gasteiger partial charge in [-0.15, -0.1) is 0 Å². The van der Waals surface area contributed by atoms with Gasteiger partial charge in [-0.05, 0) is 18.2 Å². The highest BCUT2D eigenvalue weighted by molar-refractivity contribution is 5.90. The molecule has 1 aromatic heterocycles. The molecule has 0 spiro atoms. The molecule has 0 radical (unpaired) electrons. The van der Waals surface area contributed by atoms with Gasteiger partial charge in [0.1, 0.15) is 5.82 Å². The van der Waals surface area contributed by atoms with Crippen molar-refractivity contribution >= 4 is 23.4 Å². The highest BCUT2D eigenvalue weighted by Gasteiger charge is 2.13. The number of hydrogen-bond acceptors (Lipinski definition) is 6. The van der Waals surface area contributed by atoms with E-state index >= 15 is 0 Å². The highest BCUT2D eigenvalue weighted by atomic mass is 16.5. The minimum absolute atomic E-state index is 0.0435. The number of carbonyl (C=O) groups is 1. The standard InChI is InChI=1S/C17H21N5O2/c23-16(20-14-4-2-1-3-5-14)7-9-19-17-18-8-6-15(21-17)22-10-12-24-13-11-22/h1-6,8H,7,9-13H2,(H,20,23)(H,18,19,21). The van der Waals surface area contributed by atoms with Gasteiger partial charge < -0.3 is 20.3 Å². The summed E-state index contributed by atoms with van der Waals surface area (Å²) < 4.78 is 5.35. The summed E-state index contributed by atoms with van der Waals surface area (Å²) in [6.45, 7) is 3.57. The van der Waals surface area contributed by atoms with Crippen molar-refractivity contribution in [1.29, 1.82) is 0 Å². The summed E-state index contributed by atoms with van der Waals surface area (Å²) >= 11 is 0. The fourth-order valence-electron chi connectivity index (χ4n) is 2.44. The van der Waals surface area contributed by atoms with Crippen LogP contribution in [0.4, 0.5) is 17.5 Å². The zero-order chi connectivity index (χ0) is 16.6. The van der Waals surface area contributed by atoms with Gasteiger partial charge >= 0.3 is 0 Å². The van der Waals surface area contributed by atoms with E-state index < -0.39 is 0 Å². The number of anilines is 3. The average Bonchev–Trinajstić information content (AvgIpc) is 2.63. The number of morpholine rings is 1. The van der Waals surface area contributed by atoms with Gasteiger partial charge in [-0.1, -0.05) is 18.2 Å². The number of carbonyl (C=O) groups excluding carboxylic acids is 1. The van der Waals surface area contributed by atoms with Crippen LogP contribution in [-0.4, -0.2) is 48.7 Å². The molecule has 1 aromatic carbocycles. The Hall–Kier alpha value is -2.67. The van der Waals surface area contributed by atoms with Gasteiger partial charge in [0, 0.05) is 37.9 Å². The minimum Gasteiger partial charge on any atom is -0.378 e. The monoisotopic (exact) mass is 327 g/mol. The third-order valence-electron chi connectivity index (χ3n) is 3.67. The number of hydrogen-bond donors (Lipinski definition) is 2. The Morgan fingerprint density at radius 1 is 1.17 bits per heavy atom. The fourth-order valence-corrected chi connectivity index (χ4v) is 2.44. The zero-order valence-electron chi connectivity index (χ0n) is 13.4. The maximum absolute atomic E-state index is 11.9. The second-order valence-corrected chi connectivity index (χ2v) is 5.43. The van der Waals surface area contributed by atoms with Crippen LogP contribution in [0.3, 0.4) is 0 Å². The van der Waals surface area contributed by atoms with Gasteiger partial charge in [0.2, 0.25) is 11.9 Å². The Balaban J connectivity index is 1.47. The van der Waals surface area contributed by atoms with E-state index in [1.54, 1.807) is 6.20 Å². The number of aromatic nitrogens is 2. The SMILES string of the molecule is O=C(CCNc1nccc(N2CCOCC2)n1)Nc1ccccc1. The molecule has 1 fully saturated rings. The molecule has 0 saturated carbocycles. The van der Waals surface area contributed by atoms with Crippen molar-refractivity contribution in [2.24, 2.45) is 0 Å². The first-order chi connectivity index (χ1) is 11.8. The van der Waals surface area contributed by atoms with E-state index in [4.69, 9.17) is 4.74 Å². The van der Waals surface area contributed by atoms with E-state index in [9.17, 15) is 4.79 Å². The van der Waals surface area contributed by atoms with Crippen molar-refractivity contribution in [2.45, 2.75) is 6.42 Å². The van der Waals surface area contributed by atoms with Gasteiger partial charge in [0.25, 0.3) is 0 Å². The van der Waals surface area contributed by atoms with Crippen LogP contribution in [0, 0.1) is 0 Å². The van der Waals surface area contributed by atoms with E-state index in [0.717, 1.165) is 24.6 Å². The van der Waals surface area contributed by atoms with Gasteiger partial charge in [0.15, 0.2) is 0 Å². The van der Waals surface area contributed by atoms with Crippen molar-refractivity contribution in [2.75, 3.05) is 48.4 Å². The molecule has 1 saturated heterocycles.